The number of aromatic nitrogens is 1. The van der Waals surface area contributed by atoms with Crippen LogP contribution >= 0.6 is 11.3 Å². The van der Waals surface area contributed by atoms with Gasteiger partial charge >= 0.3 is 0 Å². The molecule has 1 aliphatic carbocycles. The van der Waals surface area contributed by atoms with Gasteiger partial charge in [-0.25, -0.2) is 9.37 Å². The highest BCUT2D eigenvalue weighted by atomic mass is 32.1. The number of hydrogen-bond donors (Lipinski definition) is 0. The Morgan fingerprint density at radius 1 is 1.19 bits per heavy atom. The summed E-state index contributed by atoms with van der Waals surface area (Å²) in [6, 6.07) is 14.2. The van der Waals surface area contributed by atoms with Crippen molar-refractivity contribution in [3.63, 3.8) is 0 Å². The Morgan fingerprint density at radius 3 is 2.52 bits per heavy atom. The number of methoxy groups -OCH3 is 1. The first-order valence-corrected chi connectivity index (χ1v) is 9.67. The summed E-state index contributed by atoms with van der Waals surface area (Å²) in [6.45, 7) is 0.471. The number of amides is 1. The maximum Gasteiger partial charge on any atom is 0.273 e. The summed E-state index contributed by atoms with van der Waals surface area (Å²) in [5, 5.41) is 2.61. The van der Waals surface area contributed by atoms with E-state index < -0.39 is 0 Å². The maximum atomic E-state index is 13.1. The summed E-state index contributed by atoms with van der Waals surface area (Å²) in [7, 11) is 1.63. The zero-order chi connectivity index (χ0) is 18.8. The van der Waals surface area contributed by atoms with Gasteiger partial charge in [0, 0.05) is 23.5 Å². The summed E-state index contributed by atoms with van der Waals surface area (Å²) >= 11 is 1.45. The van der Waals surface area contributed by atoms with Gasteiger partial charge in [0.1, 0.15) is 22.3 Å². The van der Waals surface area contributed by atoms with E-state index in [1.807, 2.05) is 34.5 Å². The summed E-state index contributed by atoms with van der Waals surface area (Å²) in [6.07, 6.45) is 2.00. The lowest BCUT2D eigenvalue weighted by molar-refractivity contribution is 0.0725. The van der Waals surface area contributed by atoms with Gasteiger partial charge in [-0.05, 0) is 54.8 Å². The zero-order valence-electron chi connectivity index (χ0n) is 14.9. The van der Waals surface area contributed by atoms with E-state index in [4.69, 9.17) is 4.74 Å². The number of rotatable bonds is 6. The van der Waals surface area contributed by atoms with Crippen LogP contribution in [0.5, 0.6) is 5.75 Å². The molecule has 27 heavy (non-hydrogen) atoms. The van der Waals surface area contributed by atoms with Gasteiger partial charge in [0.15, 0.2) is 0 Å². The first kappa shape index (κ1) is 17.7. The van der Waals surface area contributed by atoms with E-state index in [2.05, 4.69) is 4.98 Å². The van der Waals surface area contributed by atoms with E-state index in [0.717, 1.165) is 34.7 Å². The summed E-state index contributed by atoms with van der Waals surface area (Å²) < 4.78 is 18.3. The number of halogens is 1. The van der Waals surface area contributed by atoms with Crippen LogP contribution in [0.2, 0.25) is 0 Å². The molecule has 1 aromatic heterocycles. The van der Waals surface area contributed by atoms with Crippen molar-refractivity contribution in [2.45, 2.75) is 25.4 Å². The third-order valence-corrected chi connectivity index (χ3v) is 5.47. The Balaban J connectivity index is 1.53. The number of ether oxygens (including phenoxy) is 1. The SMILES string of the molecule is COc1ccc(-c2nc(C(=O)N(Cc3ccc(F)cc3)C3CC3)cs2)cc1. The number of thiazole rings is 1. The van der Waals surface area contributed by atoms with Gasteiger partial charge in [-0.15, -0.1) is 11.3 Å². The van der Waals surface area contributed by atoms with Gasteiger partial charge in [-0.2, -0.15) is 0 Å². The first-order valence-electron chi connectivity index (χ1n) is 8.79. The second-order valence-corrected chi connectivity index (χ2v) is 7.42. The van der Waals surface area contributed by atoms with Gasteiger partial charge in [0.25, 0.3) is 5.91 Å². The van der Waals surface area contributed by atoms with E-state index in [9.17, 15) is 9.18 Å². The molecule has 0 saturated heterocycles. The van der Waals surface area contributed by atoms with E-state index in [1.165, 1.54) is 23.5 Å². The van der Waals surface area contributed by atoms with Crippen molar-refractivity contribution in [3.8, 4) is 16.3 Å². The van der Waals surface area contributed by atoms with Crippen molar-refractivity contribution in [2.75, 3.05) is 7.11 Å². The van der Waals surface area contributed by atoms with Crippen LogP contribution in [0.4, 0.5) is 4.39 Å². The Bertz CT molecular complexity index is 934. The van der Waals surface area contributed by atoms with Gasteiger partial charge in [-0.3, -0.25) is 4.79 Å². The second-order valence-electron chi connectivity index (χ2n) is 6.56. The molecule has 1 fully saturated rings. The van der Waals surface area contributed by atoms with Crippen LogP contribution in [0, 0.1) is 5.82 Å². The molecule has 0 bridgehead atoms. The molecule has 0 aliphatic heterocycles. The first-order chi connectivity index (χ1) is 13.1. The van der Waals surface area contributed by atoms with Gasteiger partial charge in [0.2, 0.25) is 0 Å². The van der Waals surface area contributed by atoms with Crippen molar-refractivity contribution in [3.05, 3.63) is 71.0 Å². The molecule has 6 heteroatoms. The molecule has 0 unspecified atom stereocenters. The molecular formula is C21H19FN2O2S. The molecule has 3 aromatic rings. The Kier molecular flexibility index (Phi) is 4.90. The largest absolute Gasteiger partial charge is 0.497 e. The molecule has 1 saturated carbocycles. The van der Waals surface area contributed by atoms with Gasteiger partial charge in [0.05, 0.1) is 7.11 Å². The Hall–Kier alpha value is -2.73. The molecule has 1 aliphatic rings. The molecule has 0 atom stereocenters. The summed E-state index contributed by atoms with van der Waals surface area (Å²) in [5.41, 5.74) is 2.33. The summed E-state index contributed by atoms with van der Waals surface area (Å²) in [5.74, 6) is 0.440. The maximum absolute atomic E-state index is 13.1. The monoisotopic (exact) mass is 382 g/mol. The minimum absolute atomic E-state index is 0.0714. The second kappa shape index (κ2) is 7.48. The fourth-order valence-corrected chi connectivity index (χ4v) is 3.72. The molecule has 0 spiro atoms. The van der Waals surface area contributed by atoms with Crippen molar-refractivity contribution in [1.29, 1.82) is 0 Å². The van der Waals surface area contributed by atoms with Crippen molar-refractivity contribution in [2.24, 2.45) is 0 Å². The molecule has 4 nitrogen and oxygen atoms in total. The Labute approximate surface area is 161 Å². The fourth-order valence-electron chi connectivity index (χ4n) is 2.92. The van der Waals surface area contributed by atoms with E-state index in [-0.39, 0.29) is 17.8 Å². The number of carbonyl (C=O) groups excluding carboxylic acids is 1. The number of nitrogens with zero attached hydrogens (tertiary/aromatic N) is 2. The normalized spacial score (nSPS) is 13.4. The van der Waals surface area contributed by atoms with E-state index in [0.29, 0.717) is 12.2 Å². The third kappa shape index (κ3) is 4.01. The third-order valence-electron chi connectivity index (χ3n) is 4.57. The predicted molar refractivity (Wildman–Crippen MR) is 103 cm³/mol. The molecule has 2 aromatic carbocycles. The molecule has 4 rings (SSSR count). The number of carbonyl (C=O) groups is 1. The zero-order valence-corrected chi connectivity index (χ0v) is 15.7. The average Bonchev–Trinajstić information content (AvgIpc) is 3.42. The van der Waals surface area contributed by atoms with E-state index in [1.54, 1.807) is 19.2 Å². The lowest BCUT2D eigenvalue weighted by atomic mass is 10.2. The van der Waals surface area contributed by atoms with Crippen LogP contribution in [0.1, 0.15) is 28.9 Å². The van der Waals surface area contributed by atoms with Crippen molar-refractivity contribution < 1.29 is 13.9 Å². The Morgan fingerprint density at radius 2 is 1.89 bits per heavy atom. The molecule has 1 amide bonds. The summed E-state index contributed by atoms with van der Waals surface area (Å²) in [4.78, 5) is 19.4. The van der Waals surface area contributed by atoms with Crippen LogP contribution < -0.4 is 4.74 Å². The highest BCUT2D eigenvalue weighted by molar-refractivity contribution is 7.13. The quantitative estimate of drug-likeness (QED) is 0.617. The highest BCUT2D eigenvalue weighted by Gasteiger charge is 2.34. The van der Waals surface area contributed by atoms with Gasteiger partial charge < -0.3 is 9.64 Å². The molecule has 1 heterocycles. The van der Waals surface area contributed by atoms with E-state index >= 15 is 0 Å². The molecular weight excluding hydrogens is 363 g/mol. The number of hydrogen-bond acceptors (Lipinski definition) is 4. The van der Waals surface area contributed by atoms with Crippen LogP contribution in [-0.2, 0) is 6.54 Å². The van der Waals surface area contributed by atoms with Crippen LogP contribution in [-0.4, -0.2) is 28.9 Å². The lowest BCUT2D eigenvalue weighted by Crippen LogP contribution is -2.32. The molecule has 138 valence electrons. The molecule has 0 N–H and O–H groups in total. The topological polar surface area (TPSA) is 42.4 Å². The average molecular weight is 382 g/mol. The fraction of sp³-hybridized carbons (Fsp3) is 0.238. The molecule has 0 radical (unpaired) electrons. The lowest BCUT2D eigenvalue weighted by Gasteiger charge is -2.21. The number of benzene rings is 2. The van der Waals surface area contributed by atoms with Gasteiger partial charge in [-0.1, -0.05) is 12.1 Å². The van der Waals surface area contributed by atoms with Crippen LogP contribution in [0.25, 0.3) is 10.6 Å². The van der Waals surface area contributed by atoms with Crippen LogP contribution in [0.15, 0.2) is 53.9 Å². The highest BCUT2D eigenvalue weighted by Crippen LogP contribution is 2.31. The minimum Gasteiger partial charge on any atom is -0.497 e. The van der Waals surface area contributed by atoms with Crippen molar-refractivity contribution >= 4 is 17.2 Å². The van der Waals surface area contributed by atoms with Crippen LogP contribution in [0.3, 0.4) is 0 Å². The standard InChI is InChI=1S/C21H19FN2O2S/c1-26-18-10-4-15(5-11-18)20-23-19(13-27-20)21(25)24(17-8-9-17)12-14-2-6-16(22)7-3-14/h2-7,10-11,13,17H,8-9,12H2,1H3. The predicted octanol–water partition coefficient (Wildman–Crippen LogP) is 4.76. The van der Waals surface area contributed by atoms with Crippen molar-refractivity contribution in [1.82, 2.24) is 9.88 Å². The smallest absolute Gasteiger partial charge is 0.273 e. The minimum atomic E-state index is -0.272.